The Labute approximate surface area is 227 Å². The predicted octanol–water partition coefficient (Wildman–Crippen LogP) is 6.47. The average Bonchev–Trinajstić information content (AvgIpc) is 2.98. The van der Waals surface area contributed by atoms with Gasteiger partial charge in [0.2, 0.25) is 5.75 Å². The van der Waals surface area contributed by atoms with Crippen molar-refractivity contribution in [1.82, 2.24) is 0 Å². The second kappa shape index (κ2) is 13.1. The molecule has 0 aliphatic carbocycles. The number of rotatable bonds is 12. The largest absolute Gasteiger partial charge is 0.507 e. The van der Waals surface area contributed by atoms with Gasteiger partial charge in [0.1, 0.15) is 24.5 Å². The van der Waals surface area contributed by atoms with Gasteiger partial charge in [-0.3, -0.25) is 4.79 Å². The van der Waals surface area contributed by atoms with Crippen LogP contribution in [-0.4, -0.2) is 32.2 Å². The van der Waals surface area contributed by atoms with Gasteiger partial charge in [-0.15, -0.1) is 0 Å². The molecule has 0 fully saturated rings. The highest BCUT2D eigenvalue weighted by atomic mass is 16.5. The van der Waals surface area contributed by atoms with Gasteiger partial charge in [0.15, 0.2) is 28.8 Å². The molecule has 4 rings (SSSR count). The van der Waals surface area contributed by atoms with Gasteiger partial charge in [-0.25, -0.2) is 0 Å². The van der Waals surface area contributed by atoms with E-state index in [0.29, 0.717) is 23.7 Å². The van der Waals surface area contributed by atoms with Gasteiger partial charge < -0.3 is 28.8 Å². The number of phenolic OH excluding ortho intramolecular Hbond substituents is 1. The highest BCUT2D eigenvalue weighted by molar-refractivity contribution is 6.11. The first kappa shape index (κ1) is 27.1. The van der Waals surface area contributed by atoms with E-state index in [2.05, 4.69) is 0 Å². The summed E-state index contributed by atoms with van der Waals surface area (Å²) < 4.78 is 28.3. The van der Waals surface area contributed by atoms with Crippen LogP contribution in [0.3, 0.4) is 0 Å². The Morgan fingerprint density at radius 1 is 0.692 bits per heavy atom. The minimum atomic E-state index is -0.472. The van der Waals surface area contributed by atoms with Crippen molar-refractivity contribution in [3.63, 3.8) is 0 Å². The van der Waals surface area contributed by atoms with Crippen molar-refractivity contribution in [1.29, 1.82) is 0 Å². The Kier molecular flexibility index (Phi) is 9.08. The smallest absolute Gasteiger partial charge is 0.204 e. The SMILES string of the molecule is COc1cc(/C=C/C(=O)c2c(O)cc(OC)c(OCc3ccccc3)c2OC)ccc1OCc1ccccc1. The number of ether oxygens (including phenoxy) is 5. The number of methoxy groups -OCH3 is 3. The third kappa shape index (κ3) is 6.70. The molecule has 4 aromatic rings. The molecule has 0 spiro atoms. The number of aromatic hydroxyl groups is 1. The number of allylic oxidation sites excluding steroid dienone is 1. The normalized spacial score (nSPS) is 10.7. The molecular weight excluding hydrogens is 496 g/mol. The van der Waals surface area contributed by atoms with E-state index in [1.54, 1.807) is 25.3 Å². The highest BCUT2D eigenvalue weighted by Crippen LogP contribution is 2.45. The van der Waals surface area contributed by atoms with Crippen LogP contribution < -0.4 is 23.7 Å². The maximum atomic E-state index is 13.2. The fourth-order valence-electron chi connectivity index (χ4n) is 3.95. The minimum absolute atomic E-state index is 0.0348. The average molecular weight is 527 g/mol. The molecular formula is C32H30O7. The van der Waals surface area contributed by atoms with Crippen molar-refractivity contribution in [3.05, 3.63) is 113 Å². The monoisotopic (exact) mass is 526 g/mol. The fraction of sp³-hybridized carbons (Fsp3) is 0.156. The number of carbonyl (C=O) groups excluding carboxylic acids is 1. The molecule has 0 bridgehead atoms. The quantitative estimate of drug-likeness (QED) is 0.167. The molecule has 39 heavy (non-hydrogen) atoms. The van der Waals surface area contributed by atoms with E-state index in [0.717, 1.165) is 11.1 Å². The van der Waals surface area contributed by atoms with Crippen molar-refractivity contribution < 1.29 is 33.6 Å². The first-order chi connectivity index (χ1) is 19.0. The maximum absolute atomic E-state index is 13.2. The van der Waals surface area contributed by atoms with E-state index in [1.807, 2.05) is 66.7 Å². The van der Waals surface area contributed by atoms with Gasteiger partial charge in [0.25, 0.3) is 0 Å². The number of ketones is 1. The van der Waals surface area contributed by atoms with Crippen molar-refractivity contribution in [2.45, 2.75) is 13.2 Å². The molecule has 0 atom stereocenters. The summed E-state index contributed by atoms with van der Waals surface area (Å²) in [5.74, 6) is 0.908. The molecule has 1 N–H and O–H groups in total. The summed E-state index contributed by atoms with van der Waals surface area (Å²) in [7, 11) is 4.41. The van der Waals surface area contributed by atoms with Crippen molar-refractivity contribution in [3.8, 4) is 34.5 Å². The van der Waals surface area contributed by atoms with Gasteiger partial charge in [0.05, 0.1) is 21.3 Å². The molecule has 0 unspecified atom stereocenters. The van der Waals surface area contributed by atoms with Crippen LogP contribution in [0.15, 0.2) is 91.0 Å². The Morgan fingerprint density at radius 2 is 1.31 bits per heavy atom. The third-order valence-corrected chi connectivity index (χ3v) is 5.93. The zero-order chi connectivity index (χ0) is 27.6. The molecule has 0 amide bonds. The Bertz CT molecular complexity index is 1430. The van der Waals surface area contributed by atoms with Crippen LogP contribution in [0.5, 0.6) is 34.5 Å². The van der Waals surface area contributed by atoms with Crippen molar-refractivity contribution >= 4 is 11.9 Å². The Balaban J connectivity index is 1.55. The summed E-state index contributed by atoms with van der Waals surface area (Å²) in [5, 5.41) is 10.7. The number of phenols is 1. The van der Waals surface area contributed by atoms with Crippen LogP contribution in [0.4, 0.5) is 0 Å². The summed E-state index contributed by atoms with van der Waals surface area (Å²) in [5.41, 5.74) is 2.63. The van der Waals surface area contributed by atoms with E-state index < -0.39 is 5.78 Å². The van der Waals surface area contributed by atoms with Crippen molar-refractivity contribution in [2.75, 3.05) is 21.3 Å². The number of hydrogen-bond acceptors (Lipinski definition) is 7. The van der Waals surface area contributed by atoms with Crippen molar-refractivity contribution in [2.24, 2.45) is 0 Å². The summed E-state index contributed by atoms with van der Waals surface area (Å²) in [4.78, 5) is 13.2. The van der Waals surface area contributed by atoms with Crippen LogP contribution in [0, 0.1) is 0 Å². The summed E-state index contributed by atoms with van der Waals surface area (Å²) >= 11 is 0. The minimum Gasteiger partial charge on any atom is -0.507 e. The lowest BCUT2D eigenvalue weighted by atomic mass is 10.0. The fourth-order valence-corrected chi connectivity index (χ4v) is 3.95. The van der Waals surface area contributed by atoms with E-state index in [4.69, 9.17) is 23.7 Å². The Hall–Kier alpha value is -4.91. The lowest BCUT2D eigenvalue weighted by molar-refractivity contribution is 0.104. The molecule has 7 heteroatoms. The number of carbonyl (C=O) groups is 1. The topological polar surface area (TPSA) is 83.5 Å². The van der Waals surface area contributed by atoms with Gasteiger partial charge in [-0.1, -0.05) is 72.8 Å². The maximum Gasteiger partial charge on any atom is 0.204 e. The molecule has 0 aliphatic heterocycles. The second-order valence-corrected chi connectivity index (χ2v) is 8.49. The molecule has 0 aliphatic rings. The molecule has 0 radical (unpaired) electrons. The first-order valence-electron chi connectivity index (χ1n) is 12.3. The molecule has 0 heterocycles. The van der Waals surface area contributed by atoms with Gasteiger partial charge in [-0.05, 0) is 34.9 Å². The van der Waals surface area contributed by atoms with Crippen LogP contribution in [0.2, 0.25) is 0 Å². The van der Waals surface area contributed by atoms with E-state index in [9.17, 15) is 9.90 Å². The lowest BCUT2D eigenvalue weighted by Crippen LogP contribution is -2.05. The van der Waals surface area contributed by atoms with E-state index >= 15 is 0 Å². The van der Waals surface area contributed by atoms with E-state index in [1.165, 1.54) is 26.4 Å². The van der Waals surface area contributed by atoms with Crippen LogP contribution in [0.1, 0.15) is 27.0 Å². The third-order valence-electron chi connectivity index (χ3n) is 5.93. The van der Waals surface area contributed by atoms with Gasteiger partial charge in [-0.2, -0.15) is 0 Å². The van der Waals surface area contributed by atoms with Gasteiger partial charge in [0, 0.05) is 6.07 Å². The van der Waals surface area contributed by atoms with Crippen LogP contribution in [0.25, 0.3) is 6.08 Å². The number of benzene rings is 4. The Morgan fingerprint density at radius 3 is 1.90 bits per heavy atom. The molecule has 0 saturated heterocycles. The predicted molar refractivity (Wildman–Crippen MR) is 149 cm³/mol. The standard InChI is InChI=1S/C32H30O7/c1-35-28-18-22(15-17-27(28)38-20-23-10-6-4-7-11-23)14-16-25(33)30-26(34)19-29(36-2)31(32(30)37-3)39-21-24-12-8-5-9-13-24/h4-19,34H,20-21H2,1-3H3/b16-14+. The van der Waals surface area contributed by atoms with Gasteiger partial charge >= 0.3 is 0 Å². The molecule has 0 aromatic heterocycles. The molecule has 7 nitrogen and oxygen atoms in total. The molecule has 0 saturated carbocycles. The lowest BCUT2D eigenvalue weighted by Gasteiger charge is -2.18. The zero-order valence-corrected chi connectivity index (χ0v) is 22.0. The zero-order valence-electron chi connectivity index (χ0n) is 22.0. The van der Waals surface area contributed by atoms with Crippen LogP contribution >= 0.6 is 0 Å². The summed E-state index contributed by atoms with van der Waals surface area (Å²) in [6, 6.07) is 26.1. The summed E-state index contributed by atoms with van der Waals surface area (Å²) in [6.07, 6.45) is 2.98. The first-order valence-corrected chi connectivity index (χ1v) is 12.3. The highest BCUT2D eigenvalue weighted by Gasteiger charge is 2.25. The summed E-state index contributed by atoms with van der Waals surface area (Å²) in [6.45, 7) is 0.621. The molecule has 200 valence electrons. The molecule has 4 aromatic carbocycles. The second-order valence-electron chi connectivity index (χ2n) is 8.49. The number of hydrogen-bond donors (Lipinski definition) is 1. The van der Waals surface area contributed by atoms with Crippen LogP contribution in [-0.2, 0) is 13.2 Å². The van der Waals surface area contributed by atoms with E-state index in [-0.39, 0.29) is 35.2 Å².